The second-order valence-corrected chi connectivity index (χ2v) is 8.53. The molecular weight excluding hydrogens is 336 g/mol. The van der Waals surface area contributed by atoms with Crippen LogP contribution in [-0.2, 0) is 6.42 Å². The summed E-state index contributed by atoms with van der Waals surface area (Å²) >= 11 is 1.62. The molecular formula is C18H20N4O2S. The summed E-state index contributed by atoms with van der Waals surface area (Å²) in [6.07, 6.45) is 5.60. The van der Waals surface area contributed by atoms with Gasteiger partial charge >= 0.3 is 6.03 Å². The summed E-state index contributed by atoms with van der Waals surface area (Å²) in [4.78, 5) is 19.5. The Hall–Kier alpha value is -1.86. The van der Waals surface area contributed by atoms with Crippen molar-refractivity contribution >= 4 is 32.7 Å². The Morgan fingerprint density at radius 1 is 1.28 bits per heavy atom. The summed E-state index contributed by atoms with van der Waals surface area (Å²) in [6.45, 7) is 0.726. The van der Waals surface area contributed by atoms with Crippen molar-refractivity contribution < 1.29 is 9.53 Å². The van der Waals surface area contributed by atoms with Crippen LogP contribution in [0.25, 0.3) is 10.2 Å². The summed E-state index contributed by atoms with van der Waals surface area (Å²) in [5, 5.41) is 7.74. The first-order valence-electron chi connectivity index (χ1n) is 9.19. The molecule has 3 atom stereocenters. The van der Waals surface area contributed by atoms with E-state index in [9.17, 15) is 4.79 Å². The third-order valence-electron chi connectivity index (χ3n) is 5.89. The van der Waals surface area contributed by atoms with Gasteiger partial charge in [-0.25, -0.2) is 9.78 Å². The third kappa shape index (κ3) is 2.12. The zero-order chi connectivity index (χ0) is 16.5. The predicted molar refractivity (Wildman–Crippen MR) is 96.6 cm³/mol. The van der Waals surface area contributed by atoms with Crippen molar-refractivity contribution in [1.29, 1.82) is 0 Å². The third-order valence-corrected chi connectivity index (χ3v) is 6.91. The van der Waals surface area contributed by atoms with Crippen LogP contribution in [0.1, 0.15) is 31.2 Å². The van der Waals surface area contributed by atoms with Gasteiger partial charge in [0.2, 0.25) is 0 Å². The first-order chi connectivity index (χ1) is 12.3. The molecule has 7 heteroatoms. The number of carbonyl (C=O) groups excluding carboxylic acids is 1. The smallest absolute Gasteiger partial charge is 0.324 e. The number of carbonyl (C=O) groups is 1. The number of hydrogen-bond acceptors (Lipinski definition) is 5. The first kappa shape index (κ1) is 14.3. The number of fused-ring (bicyclic) bond motifs is 4. The number of nitrogens with zero attached hydrogens (tertiary/aromatic N) is 2. The molecule has 0 bridgehead atoms. The molecule has 3 heterocycles. The van der Waals surface area contributed by atoms with Gasteiger partial charge in [0, 0.05) is 24.1 Å². The average molecular weight is 356 g/mol. The van der Waals surface area contributed by atoms with Crippen LogP contribution in [0.5, 0.6) is 5.75 Å². The molecule has 0 spiro atoms. The highest BCUT2D eigenvalue weighted by atomic mass is 32.1. The monoisotopic (exact) mass is 356 g/mol. The van der Waals surface area contributed by atoms with E-state index in [-0.39, 0.29) is 18.1 Å². The van der Waals surface area contributed by atoms with E-state index in [0.717, 1.165) is 47.0 Å². The summed E-state index contributed by atoms with van der Waals surface area (Å²) in [7, 11) is 0. The lowest BCUT2D eigenvalue weighted by atomic mass is 10.1. The first-order valence-corrected chi connectivity index (χ1v) is 10.0. The molecule has 2 aliphatic carbocycles. The number of thiazole rings is 1. The molecule has 6 nitrogen and oxygen atoms in total. The highest BCUT2D eigenvalue weighted by Crippen LogP contribution is 2.41. The van der Waals surface area contributed by atoms with E-state index in [2.05, 4.69) is 16.7 Å². The molecule has 4 aliphatic rings. The Kier molecular flexibility index (Phi) is 2.91. The van der Waals surface area contributed by atoms with Crippen LogP contribution in [-0.4, -0.2) is 41.8 Å². The van der Waals surface area contributed by atoms with Crippen LogP contribution in [0.3, 0.4) is 0 Å². The van der Waals surface area contributed by atoms with Gasteiger partial charge in [0.25, 0.3) is 0 Å². The van der Waals surface area contributed by atoms with E-state index in [0.29, 0.717) is 12.1 Å². The second kappa shape index (κ2) is 5.08. The molecule has 6 rings (SSSR count). The lowest BCUT2D eigenvalue weighted by Gasteiger charge is -2.26. The Morgan fingerprint density at radius 2 is 2.20 bits per heavy atom. The molecule has 25 heavy (non-hydrogen) atoms. The zero-order valence-corrected chi connectivity index (χ0v) is 14.6. The van der Waals surface area contributed by atoms with Gasteiger partial charge in [-0.1, -0.05) is 11.3 Å². The van der Waals surface area contributed by atoms with Crippen molar-refractivity contribution in [3.8, 4) is 5.75 Å². The Bertz CT molecular complexity index is 877. The SMILES string of the molecule is O=C1N[C@H]2CC[C@@H](NC3CC3)[C@H]2N1c1nc2c3c(ccc2s1)OCC3. The molecule has 2 aromatic rings. The lowest BCUT2D eigenvalue weighted by molar-refractivity contribution is 0.249. The Labute approximate surface area is 149 Å². The summed E-state index contributed by atoms with van der Waals surface area (Å²) in [5.41, 5.74) is 2.20. The van der Waals surface area contributed by atoms with Crippen LogP contribution in [0, 0.1) is 0 Å². The zero-order valence-electron chi connectivity index (χ0n) is 13.8. The standard InChI is InChI=1S/C18H20N4O2S/c23-17-20-12-4-3-11(19-9-1-2-9)16(12)22(17)18-21-15-10-7-8-24-13(10)5-6-14(15)25-18/h5-6,9,11-12,16,19H,1-4,7-8H2,(H,20,23)/t11-,12+,16-/m1/s1. The molecule has 1 aromatic carbocycles. The van der Waals surface area contributed by atoms with Crippen molar-refractivity contribution in [2.75, 3.05) is 11.5 Å². The minimum atomic E-state index is 0.00393. The molecule has 0 radical (unpaired) electrons. The molecule has 1 aromatic heterocycles. The molecule has 2 aliphatic heterocycles. The number of hydrogen-bond donors (Lipinski definition) is 2. The molecule has 1 saturated heterocycles. The lowest BCUT2D eigenvalue weighted by Crippen LogP contribution is -2.48. The highest BCUT2D eigenvalue weighted by molar-refractivity contribution is 7.22. The van der Waals surface area contributed by atoms with Gasteiger partial charge in [0.05, 0.1) is 28.9 Å². The van der Waals surface area contributed by atoms with E-state index < -0.39 is 0 Å². The van der Waals surface area contributed by atoms with Gasteiger partial charge in [-0.3, -0.25) is 4.90 Å². The topological polar surface area (TPSA) is 66.5 Å². The maximum Gasteiger partial charge on any atom is 0.324 e. The highest BCUT2D eigenvalue weighted by Gasteiger charge is 2.50. The van der Waals surface area contributed by atoms with Crippen LogP contribution in [0.4, 0.5) is 9.93 Å². The maximum absolute atomic E-state index is 12.7. The van der Waals surface area contributed by atoms with Crippen molar-refractivity contribution in [2.45, 2.75) is 56.3 Å². The van der Waals surface area contributed by atoms with Crippen molar-refractivity contribution in [1.82, 2.24) is 15.6 Å². The van der Waals surface area contributed by atoms with Crippen LogP contribution >= 0.6 is 11.3 Å². The number of benzene rings is 1. The van der Waals surface area contributed by atoms with E-state index >= 15 is 0 Å². The number of nitrogens with one attached hydrogen (secondary N) is 2. The largest absolute Gasteiger partial charge is 0.493 e. The minimum Gasteiger partial charge on any atom is -0.493 e. The number of amides is 2. The van der Waals surface area contributed by atoms with Gasteiger partial charge in [0.15, 0.2) is 5.13 Å². The van der Waals surface area contributed by atoms with E-state index in [1.165, 1.54) is 18.4 Å². The van der Waals surface area contributed by atoms with Gasteiger partial charge in [0.1, 0.15) is 5.75 Å². The number of urea groups is 1. The fourth-order valence-corrected chi connectivity index (χ4v) is 5.61. The van der Waals surface area contributed by atoms with E-state index in [1.54, 1.807) is 11.3 Å². The number of anilines is 1. The number of rotatable bonds is 3. The van der Waals surface area contributed by atoms with Gasteiger partial charge in [-0.15, -0.1) is 0 Å². The normalized spacial score (nSPS) is 30.5. The fourth-order valence-electron chi connectivity index (χ4n) is 4.57. The molecule has 2 saturated carbocycles. The maximum atomic E-state index is 12.7. The fraction of sp³-hybridized carbons (Fsp3) is 0.556. The molecule has 3 fully saturated rings. The molecule has 2 N–H and O–H groups in total. The van der Waals surface area contributed by atoms with E-state index in [1.807, 2.05) is 11.0 Å². The van der Waals surface area contributed by atoms with Crippen molar-refractivity contribution in [3.05, 3.63) is 17.7 Å². The Morgan fingerprint density at radius 3 is 3.08 bits per heavy atom. The van der Waals surface area contributed by atoms with Crippen LogP contribution < -0.4 is 20.3 Å². The summed E-state index contributed by atoms with van der Waals surface area (Å²) in [6, 6.07) is 5.55. The van der Waals surface area contributed by atoms with Crippen LogP contribution in [0.2, 0.25) is 0 Å². The second-order valence-electron chi connectivity index (χ2n) is 7.53. The predicted octanol–water partition coefficient (Wildman–Crippen LogP) is 2.41. The minimum absolute atomic E-state index is 0.00393. The molecule has 0 unspecified atom stereocenters. The Balaban J connectivity index is 1.40. The summed E-state index contributed by atoms with van der Waals surface area (Å²) < 4.78 is 6.80. The molecule has 2 amide bonds. The number of aromatic nitrogens is 1. The van der Waals surface area contributed by atoms with Crippen molar-refractivity contribution in [2.24, 2.45) is 0 Å². The van der Waals surface area contributed by atoms with Gasteiger partial charge < -0.3 is 15.4 Å². The number of ether oxygens (including phenoxy) is 1. The quantitative estimate of drug-likeness (QED) is 0.886. The average Bonchev–Trinajstić information content (AvgIpc) is 2.96. The van der Waals surface area contributed by atoms with Crippen LogP contribution in [0.15, 0.2) is 12.1 Å². The molecule has 130 valence electrons. The van der Waals surface area contributed by atoms with Gasteiger partial charge in [-0.2, -0.15) is 0 Å². The summed E-state index contributed by atoms with van der Waals surface area (Å²) in [5.74, 6) is 0.947. The van der Waals surface area contributed by atoms with Gasteiger partial charge in [-0.05, 0) is 37.8 Å². The van der Waals surface area contributed by atoms with E-state index in [4.69, 9.17) is 9.72 Å². The van der Waals surface area contributed by atoms with Crippen molar-refractivity contribution in [3.63, 3.8) is 0 Å².